The molecule has 0 aliphatic carbocycles. The van der Waals surface area contributed by atoms with E-state index in [4.69, 9.17) is 11.6 Å². The molecule has 0 rings (SSSR count). The van der Waals surface area contributed by atoms with Crippen LogP contribution in [0.3, 0.4) is 0 Å². The summed E-state index contributed by atoms with van der Waals surface area (Å²) >= 11 is 4.82. The Morgan fingerprint density at radius 3 is 2.25 bits per heavy atom. The summed E-state index contributed by atoms with van der Waals surface area (Å²) in [5, 5.41) is 0. The second-order valence-electron chi connectivity index (χ2n) is 0.276. The van der Waals surface area contributed by atoms with Gasteiger partial charge in [-0.15, -0.1) is 0 Å². The average molecular weight is 76.5 g/mol. The molecule has 0 fully saturated rings. The minimum Gasteiger partial charge on any atom is -0.396 e. The fraction of sp³-hybridized carbons (Fsp3) is 0. The van der Waals surface area contributed by atoms with E-state index in [2.05, 4.69) is 11.9 Å². The Bertz CT molecular complexity index is 21.2. The predicted molar refractivity (Wildman–Crippen MR) is 17.9 cm³/mol. The molecular formula is C2H3ClN. The van der Waals surface area contributed by atoms with Crippen molar-refractivity contribution in [2.24, 2.45) is 5.73 Å². The highest BCUT2D eigenvalue weighted by Crippen LogP contribution is 1.64. The van der Waals surface area contributed by atoms with Gasteiger partial charge in [0.15, 0.2) is 0 Å². The molecule has 23 valence electrons. The van der Waals surface area contributed by atoms with Gasteiger partial charge in [-0.2, -0.15) is 0 Å². The fourth-order valence-corrected chi connectivity index (χ4v) is 0. The number of hydrogen-bond donors (Lipinski definition) is 1. The number of nitrogens with two attached hydrogens (primary N) is 1. The Labute approximate surface area is 30.1 Å². The summed E-state index contributed by atoms with van der Waals surface area (Å²) in [6.07, 6.45) is 2.07. The van der Waals surface area contributed by atoms with Crippen molar-refractivity contribution in [3.8, 4) is 0 Å². The second-order valence-corrected chi connectivity index (χ2v) is 0.494. The molecule has 0 spiro atoms. The van der Waals surface area contributed by atoms with Crippen LogP contribution < -0.4 is 5.73 Å². The molecule has 0 amide bonds. The normalized spacial score (nSPS) is 9.25. The number of hydrogen-bond acceptors (Lipinski definition) is 1. The Morgan fingerprint density at radius 1 is 2.00 bits per heavy atom. The third-order valence-corrected chi connectivity index (χ3v) is 0.189. The van der Waals surface area contributed by atoms with Gasteiger partial charge in [-0.1, -0.05) is 11.6 Å². The van der Waals surface area contributed by atoms with E-state index >= 15 is 0 Å². The SMILES string of the molecule is N[C]=CCl. The van der Waals surface area contributed by atoms with Crippen LogP contribution in [0.1, 0.15) is 0 Å². The van der Waals surface area contributed by atoms with Crippen molar-refractivity contribution in [2.75, 3.05) is 0 Å². The third-order valence-electron chi connectivity index (χ3n) is 0.0630. The molecule has 2 heteroatoms. The largest absolute Gasteiger partial charge is 0.396 e. The molecule has 0 saturated heterocycles. The van der Waals surface area contributed by atoms with Crippen molar-refractivity contribution in [2.45, 2.75) is 0 Å². The van der Waals surface area contributed by atoms with Gasteiger partial charge in [0, 0.05) is 5.54 Å². The van der Waals surface area contributed by atoms with E-state index in [1.165, 1.54) is 0 Å². The molecule has 0 aromatic rings. The minimum absolute atomic E-state index is 1.12. The van der Waals surface area contributed by atoms with Gasteiger partial charge in [0.1, 0.15) is 0 Å². The quantitative estimate of drug-likeness (QED) is 0.417. The van der Waals surface area contributed by atoms with E-state index in [0.717, 1.165) is 5.54 Å². The summed E-state index contributed by atoms with van der Waals surface area (Å²) < 4.78 is 0. The molecule has 0 unspecified atom stereocenters. The predicted octanol–water partition coefficient (Wildman–Crippen LogP) is 0.458. The first-order chi connectivity index (χ1) is 1.91. The molecule has 0 heterocycles. The molecule has 4 heavy (non-hydrogen) atoms. The van der Waals surface area contributed by atoms with Crippen LogP contribution in [-0.2, 0) is 0 Å². The highest BCUT2D eigenvalue weighted by atomic mass is 35.5. The average Bonchev–Trinajstić information content (AvgIpc) is 1.37. The van der Waals surface area contributed by atoms with Gasteiger partial charge in [0.2, 0.25) is 0 Å². The summed E-state index contributed by atoms with van der Waals surface area (Å²) in [5.74, 6) is 0. The van der Waals surface area contributed by atoms with Crippen LogP contribution in [0.15, 0.2) is 5.54 Å². The van der Waals surface area contributed by atoms with E-state index in [0.29, 0.717) is 0 Å². The smallest absolute Gasteiger partial charge is 0.0671 e. The van der Waals surface area contributed by atoms with Crippen molar-refractivity contribution < 1.29 is 0 Å². The van der Waals surface area contributed by atoms with Crippen molar-refractivity contribution in [3.63, 3.8) is 0 Å². The first-order valence-electron chi connectivity index (χ1n) is 0.796. The molecule has 0 aliphatic rings. The van der Waals surface area contributed by atoms with Gasteiger partial charge in [-0.3, -0.25) is 0 Å². The van der Waals surface area contributed by atoms with Crippen LogP contribution in [0.4, 0.5) is 0 Å². The summed E-state index contributed by atoms with van der Waals surface area (Å²) in [6, 6.07) is 0. The first kappa shape index (κ1) is 3.83. The summed E-state index contributed by atoms with van der Waals surface area (Å²) in [5.41, 5.74) is 5.72. The van der Waals surface area contributed by atoms with Crippen molar-refractivity contribution in [1.29, 1.82) is 0 Å². The molecule has 0 aliphatic heterocycles. The molecule has 1 radical (unpaired) electrons. The second kappa shape index (κ2) is 2.83. The van der Waals surface area contributed by atoms with E-state index in [1.807, 2.05) is 0 Å². The maximum Gasteiger partial charge on any atom is 0.0671 e. The lowest BCUT2D eigenvalue weighted by Gasteiger charge is -1.48. The zero-order valence-corrected chi connectivity index (χ0v) is 2.79. The van der Waals surface area contributed by atoms with Gasteiger partial charge in [0.25, 0.3) is 0 Å². The lowest BCUT2D eigenvalue weighted by molar-refractivity contribution is 1.55. The molecular weight excluding hydrogens is 73.5 g/mol. The van der Waals surface area contributed by atoms with Gasteiger partial charge in [-0.05, 0) is 0 Å². The molecule has 0 bridgehead atoms. The lowest BCUT2D eigenvalue weighted by atomic mass is 11.1. The molecule has 1 nitrogen and oxygen atoms in total. The summed E-state index contributed by atoms with van der Waals surface area (Å²) in [4.78, 5) is 0. The lowest BCUT2D eigenvalue weighted by Crippen LogP contribution is -1.71. The van der Waals surface area contributed by atoms with E-state index in [-0.39, 0.29) is 0 Å². The third kappa shape index (κ3) is 1.83. The van der Waals surface area contributed by atoms with E-state index in [9.17, 15) is 0 Å². The minimum atomic E-state index is 1.12. The first-order valence-corrected chi connectivity index (χ1v) is 1.23. The molecule has 0 saturated carbocycles. The molecule has 0 aromatic carbocycles. The summed E-state index contributed by atoms with van der Waals surface area (Å²) in [7, 11) is 0. The van der Waals surface area contributed by atoms with Gasteiger partial charge in [-0.25, -0.2) is 0 Å². The summed E-state index contributed by atoms with van der Waals surface area (Å²) in [6.45, 7) is 0. The maximum atomic E-state index is 4.82. The van der Waals surface area contributed by atoms with Crippen LogP contribution in [0.25, 0.3) is 0 Å². The monoisotopic (exact) mass is 76.0 g/mol. The van der Waals surface area contributed by atoms with Crippen molar-refractivity contribution >= 4 is 11.6 Å². The highest BCUT2D eigenvalue weighted by Gasteiger charge is 1.38. The van der Waals surface area contributed by atoms with Crippen LogP contribution in [-0.4, -0.2) is 0 Å². The maximum absolute atomic E-state index is 4.82. The van der Waals surface area contributed by atoms with E-state index in [1.54, 1.807) is 0 Å². The Balaban J connectivity index is 2.55. The fourth-order valence-electron chi connectivity index (χ4n) is 0. The van der Waals surface area contributed by atoms with Crippen molar-refractivity contribution in [1.82, 2.24) is 0 Å². The Hall–Kier alpha value is -0.170. The van der Waals surface area contributed by atoms with Gasteiger partial charge >= 0.3 is 0 Å². The van der Waals surface area contributed by atoms with Crippen LogP contribution >= 0.6 is 11.6 Å². The van der Waals surface area contributed by atoms with Crippen LogP contribution in [0.5, 0.6) is 0 Å². The highest BCUT2D eigenvalue weighted by molar-refractivity contribution is 6.25. The Morgan fingerprint density at radius 2 is 2.25 bits per heavy atom. The molecule has 0 aromatic heterocycles. The zero-order valence-electron chi connectivity index (χ0n) is 2.03. The van der Waals surface area contributed by atoms with Crippen molar-refractivity contribution in [3.05, 3.63) is 11.7 Å². The molecule has 0 atom stereocenters. The van der Waals surface area contributed by atoms with Gasteiger partial charge in [0.05, 0.1) is 6.20 Å². The number of rotatable bonds is 0. The van der Waals surface area contributed by atoms with E-state index < -0.39 is 0 Å². The molecule has 2 N–H and O–H groups in total. The zero-order chi connectivity index (χ0) is 3.41. The van der Waals surface area contributed by atoms with Crippen LogP contribution in [0.2, 0.25) is 0 Å². The number of halogens is 1. The topological polar surface area (TPSA) is 26.0 Å². The Kier molecular flexibility index (Phi) is 2.71. The van der Waals surface area contributed by atoms with Gasteiger partial charge < -0.3 is 5.73 Å². The van der Waals surface area contributed by atoms with Crippen LogP contribution in [0, 0.1) is 6.20 Å². The standard InChI is InChI=1S/C2H3ClN/c3-1-2-4/h1H,4H2.